The lowest BCUT2D eigenvalue weighted by atomic mass is 9.87. The van der Waals surface area contributed by atoms with Crippen molar-refractivity contribution in [2.75, 3.05) is 30.2 Å². The maximum absolute atomic E-state index is 15.1. The van der Waals surface area contributed by atoms with Gasteiger partial charge in [-0.3, -0.25) is 9.62 Å². The summed E-state index contributed by atoms with van der Waals surface area (Å²) >= 11 is 1.17. The average Bonchev–Trinajstić information content (AvgIpc) is 3.43. The van der Waals surface area contributed by atoms with Crippen molar-refractivity contribution in [3.8, 4) is 0 Å². The monoisotopic (exact) mass is 479 g/mol. The van der Waals surface area contributed by atoms with Gasteiger partial charge in [0.1, 0.15) is 10.7 Å². The van der Waals surface area contributed by atoms with Crippen molar-refractivity contribution in [2.24, 2.45) is 0 Å². The molecule has 3 aliphatic rings. The molecule has 3 N–H and O–H groups in total. The molecule has 1 aromatic heterocycles. The van der Waals surface area contributed by atoms with Crippen LogP contribution in [0.3, 0.4) is 0 Å². The number of hydrogen-bond acceptors (Lipinski definition) is 7. The van der Waals surface area contributed by atoms with Crippen molar-refractivity contribution in [2.45, 2.75) is 67.5 Å². The molecule has 1 aliphatic heterocycles. The highest BCUT2D eigenvalue weighted by Gasteiger charge is 2.36. The summed E-state index contributed by atoms with van der Waals surface area (Å²) in [6, 6.07) is 4.08. The summed E-state index contributed by atoms with van der Waals surface area (Å²) in [5, 5.41) is 8.89. The molecule has 1 aromatic carbocycles. The Kier molecular flexibility index (Phi) is 6.13. The third kappa shape index (κ3) is 4.50. The summed E-state index contributed by atoms with van der Waals surface area (Å²) < 4.78 is 43.3. The molecular weight excluding hydrogens is 449 g/mol. The van der Waals surface area contributed by atoms with Crippen molar-refractivity contribution in [3.05, 3.63) is 35.1 Å². The molecule has 7 nitrogen and oxygen atoms in total. The van der Waals surface area contributed by atoms with Crippen LogP contribution >= 0.6 is 11.3 Å². The number of halogens is 1. The fraction of sp³-hybridized carbons (Fsp3) is 0.591. The number of nitrogens with one attached hydrogen (secondary N) is 3. The second-order valence-corrected chi connectivity index (χ2v) is 11.7. The van der Waals surface area contributed by atoms with E-state index in [1.807, 2.05) is 0 Å². The highest BCUT2D eigenvalue weighted by atomic mass is 32.2. The Balaban J connectivity index is 1.42. The van der Waals surface area contributed by atoms with Gasteiger partial charge in [-0.1, -0.05) is 12.8 Å². The normalized spacial score (nSPS) is 24.3. The molecule has 174 valence electrons. The molecule has 2 saturated carbocycles. The van der Waals surface area contributed by atoms with Gasteiger partial charge in [-0.15, -0.1) is 11.3 Å². The van der Waals surface area contributed by atoms with Crippen LogP contribution in [0.25, 0.3) is 0 Å². The van der Waals surface area contributed by atoms with Gasteiger partial charge in [0.2, 0.25) is 0 Å². The summed E-state index contributed by atoms with van der Waals surface area (Å²) in [6.07, 6.45) is 8.03. The highest BCUT2D eigenvalue weighted by molar-refractivity contribution is 7.93. The van der Waals surface area contributed by atoms with Crippen molar-refractivity contribution < 1.29 is 12.8 Å². The van der Waals surface area contributed by atoms with Crippen LogP contribution in [0.2, 0.25) is 0 Å². The van der Waals surface area contributed by atoms with Crippen LogP contribution in [-0.2, 0) is 10.0 Å². The molecule has 1 saturated heterocycles. The van der Waals surface area contributed by atoms with E-state index >= 15 is 4.39 Å². The Morgan fingerprint density at radius 3 is 2.62 bits per heavy atom. The predicted octanol–water partition coefficient (Wildman–Crippen LogP) is 3.59. The largest absolute Gasteiger partial charge is 0.380 e. The van der Waals surface area contributed by atoms with Gasteiger partial charge in [-0.2, -0.15) is 0 Å². The van der Waals surface area contributed by atoms with E-state index in [2.05, 4.69) is 32.3 Å². The van der Waals surface area contributed by atoms with Crippen molar-refractivity contribution in [3.63, 3.8) is 0 Å². The minimum Gasteiger partial charge on any atom is -0.380 e. The molecule has 2 aromatic rings. The third-order valence-electron chi connectivity index (χ3n) is 6.99. The molecule has 0 unspecified atom stereocenters. The fourth-order valence-corrected chi connectivity index (χ4v) is 6.76. The Hall–Kier alpha value is -1.75. The van der Waals surface area contributed by atoms with Crippen LogP contribution in [0, 0.1) is 5.82 Å². The van der Waals surface area contributed by atoms with E-state index in [1.54, 1.807) is 5.38 Å². The molecule has 2 aliphatic carbocycles. The lowest BCUT2D eigenvalue weighted by Gasteiger charge is -2.45. The van der Waals surface area contributed by atoms with Crippen LogP contribution in [0.4, 0.5) is 15.2 Å². The summed E-state index contributed by atoms with van der Waals surface area (Å²) in [6.45, 7) is 2.03. The molecule has 2 atom stereocenters. The van der Waals surface area contributed by atoms with E-state index in [0.717, 1.165) is 56.4 Å². The van der Waals surface area contributed by atoms with Crippen LogP contribution in [0.5, 0.6) is 0 Å². The van der Waals surface area contributed by atoms with E-state index in [-0.39, 0.29) is 22.0 Å². The van der Waals surface area contributed by atoms with Gasteiger partial charge in [-0.25, -0.2) is 17.8 Å². The number of anilines is 2. The molecule has 0 amide bonds. The van der Waals surface area contributed by atoms with Crippen LogP contribution in [0.1, 0.15) is 50.0 Å². The first kappa shape index (κ1) is 22.1. The zero-order valence-corrected chi connectivity index (χ0v) is 19.8. The number of rotatable bonds is 8. The smallest absolute Gasteiger partial charge is 0.266 e. The Morgan fingerprint density at radius 1 is 1.19 bits per heavy atom. The quantitative estimate of drug-likeness (QED) is 0.537. The van der Waals surface area contributed by atoms with Gasteiger partial charge in [-0.05, 0) is 56.3 Å². The number of likely N-dealkylation sites (N-methyl/N-ethyl adjacent to an activating group) is 1. The molecular formula is C22H30FN5O2S2. The zero-order chi connectivity index (χ0) is 22.3. The maximum atomic E-state index is 15.1. The Morgan fingerprint density at radius 2 is 1.97 bits per heavy atom. The molecule has 5 rings (SSSR count). The molecule has 32 heavy (non-hydrogen) atoms. The summed E-state index contributed by atoms with van der Waals surface area (Å²) in [4.78, 5) is 6.12. The number of nitrogens with zero attached hydrogens (tertiary/aromatic N) is 2. The van der Waals surface area contributed by atoms with Gasteiger partial charge in [0.15, 0.2) is 5.13 Å². The zero-order valence-electron chi connectivity index (χ0n) is 18.2. The molecule has 3 fully saturated rings. The van der Waals surface area contributed by atoms with Gasteiger partial charge in [0.05, 0.1) is 0 Å². The van der Waals surface area contributed by atoms with E-state index in [1.165, 1.54) is 36.1 Å². The predicted molar refractivity (Wildman–Crippen MR) is 125 cm³/mol. The van der Waals surface area contributed by atoms with Gasteiger partial charge in [0, 0.05) is 48.5 Å². The van der Waals surface area contributed by atoms with Gasteiger partial charge >= 0.3 is 0 Å². The number of sulfonamides is 1. The van der Waals surface area contributed by atoms with Gasteiger partial charge < -0.3 is 10.6 Å². The number of benzene rings is 1. The maximum Gasteiger partial charge on any atom is 0.266 e. The SMILES string of the molecule is CN(C1CNC1)[C@H]1CCCC[C@@H]1Nc1cc(F)c(S(=O)(=O)Nc2nccs2)cc1C1CC1. The topological polar surface area (TPSA) is 86.4 Å². The van der Waals surface area contributed by atoms with E-state index in [4.69, 9.17) is 0 Å². The second kappa shape index (κ2) is 8.89. The minimum atomic E-state index is -4.04. The number of aromatic nitrogens is 1. The third-order valence-corrected chi connectivity index (χ3v) is 9.17. The first-order valence-electron chi connectivity index (χ1n) is 11.4. The van der Waals surface area contributed by atoms with Gasteiger partial charge in [0.25, 0.3) is 10.0 Å². The Labute approximate surface area is 192 Å². The van der Waals surface area contributed by atoms with E-state index in [0.29, 0.717) is 12.1 Å². The minimum absolute atomic E-state index is 0.224. The molecule has 0 spiro atoms. The number of thiazole rings is 1. The first-order chi connectivity index (χ1) is 15.4. The molecule has 0 radical (unpaired) electrons. The number of hydrogen-bond donors (Lipinski definition) is 3. The van der Waals surface area contributed by atoms with Crippen LogP contribution in [0.15, 0.2) is 28.6 Å². The molecule has 2 heterocycles. The standard InChI is InChI=1S/C22H30FN5O2S2/c1-28(15-12-24-13-15)20-5-3-2-4-18(20)26-19-11-17(23)21(10-16(19)14-6-7-14)32(29,30)27-22-25-8-9-31-22/h8-11,14-15,18,20,24,26H,2-7,12-13H2,1H3,(H,25,27)/t18-,20-/m0/s1. The van der Waals surface area contributed by atoms with E-state index in [9.17, 15) is 8.42 Å². The highest BCUT2D eigenvalue weighted by Crippen LogP contribution is 2.45. The van der Waals surface area contributed by atoms with Crippen molar-refractivity contribution in [1.82, 2.24) is 15.2 Å². The lowest BCUT2D eigenvalue weighted by molar-refractivity contribution is 0.0944. The lowest BCUT2D eigenvalue weighted by Crippen LogP contribution is -2.61. The summed E-state index contributed by atoms with van der Waals surface area (Å²) in [7, 11) is -1.85. The first-order valence-corrected chi connectivity index (χ1v) is 13.7. The molecule has 0 bridgehead atoms. The second-order valence-electron chi connectivity index (χ2n) is 9.17. The Bertz CT molecular complexity index is 1050. The molecule has 10 heteroatoms. The van der Waals surface area contributed by atoms with Crippen LogP contribution in [-0.4, -0.2) is 56.6 Å². The van der Waals surface area contributed by atoms with Crippen molar-refractivity contribution >= 4 is 32.2 Å². The summed E-state index contributed by atoms with van der Waals surface area (Å²) in [5.41, 5.74) is 1.65. The summed E-state index contributed by atoms with van der Waals surface area (Å²) in [5.74, 6) is -0.452. The average molecular weight is 480 g/mol. The van der Waals surface area contributed by atoms with Crippen molar-refractivity contribution in [1.29, 1.82) is 0 Å². The van der Waals surface area contributed by atoms with Crippen LogP contribution < -0.4 is 15.4 Å². The fourth-order valence-electron chi connectivity index (χ4n) is 4.87. The van der Waals surface area contributed by atoms with E-state index < -0.39 is 15.8 Å².